The molecule has 0 spiro atoms. The Bertz CT molecular complexity index is 419. The molecule has 0 saturated heterocycles. The Morgan fingerprint density at radius 1 is 1.62 bits per heavy atom. The van der Waals surface area contributed by atoms with Crippen LogP contribution in [0.25, 0.3) is 10.7 Å². The van der Waals surface area contributed by atoms with Crippen LogP contribution in [-0.2, 0) is 7.05 Å². The first-order valence-electron chi connectivity index (χ1n) is 3.69. The maximum atomic E-state index is 10.5. The Labute approximate surface area is 78.9 Å². The molecule has 0 unspecified atom stereocenters. The third-order valence-corrected chi connectivity index (χ3v) is 2.46. The minimum Gasteiger partial charge on any atom is -0.331 e. The topological polar surface area (TPSA) is 47.8 Å². The first-order valence-corrected chi connectivity index (χ1v) is 4.57. The number of aromatic nitrogens is 3. The predicted octanol–water partition coefficient (Wildman–Crippen LogP) is 1.36. The average molecular weight is 193 g/mol. The second-order valence-electron chi connectivity index (χ2n) is 2.55. The van der Waals surface area contributed by atoms with Crippen LogP contribution in [0.1, 0.15) is 10.6 Å². The summed E-state index contributed by atoms with van der Waals surface area (Å²) in [5.74, 6) is 0.421. The van der Waals surface area contributed by atoms with E-state index in [0.29, 0.717) is 5.82 Å². The number of thiazole rings is 1. The second-order valence-corrected chi connectivity index (χ2v) is 3.44. The van der Waals surface area contributed by atoms with E-state index in [4.69, 9.17) is 0 Å². The summed E-state index contributed by atoms with van der Waals surface area (Å²) in [7, 11) is 1.79. The molecule has 2 aromatic heterocycles. The summed E-state index contributed by atoms with van der Waals surface area (Å²) in [6.45, 7) is 0. The number of rotatable bonds is 2. The first kappa shape index (κ1) is 8.12. The molecule has 2 rings (SSSR count). The van der Waals surface area contributed by atoms with Gasteiger partial charge in [-0.25, -0.2) is 9.97 Å². The lowest BCUT2D eigenvalue weighted by molar-refractivity contribution is 0.111. The van der Waals surface area contributed by atoms with E-state index in [0.717, 1.165) is 17.0 Å². The van der Waals surface area contributed by atoms with Crippen molar-refractivity contribution in [2.75, 3.05) is 0 Å². The fourth-order valence-electron chi connectivity index (χ4n) is 1.04. The number of aryl methyl sites for hydroxylation is 1. The standard InChI is InChI=1S/C8H7N3OS/c1-11-4-6(10-7(11)5-12)8-9-2-3-13-8/h2-5H,1H3. The molecule has 2 aromatic rings. The van der Waals surface area contributed by atoms with E-state index in [-0.39, 0.29) is 0 Å². The van der Waals surface area contributed by atoms with Crippen molar-refractivity contribution in [3.05, 3.63) is 23.6 Å². The molecule has 2 heterocycles. The quantitative estimate of drug-likeness (QED) is 0.676. The molecule has 13 heavy (non-hydrogen) atoms. The summed E-state index contributed by atoms with van der Waals surface area (Å²) in [5, 5.41) is 2.72. The maximum Gasteiger partial charge on any atom is 0.185 e. The Morgan fingerprint density at radius 3 is 3.00 bits per heavy atom. The number of hydrogen-bond acceptors (Lipinski definition) is 4. The lowest BCUT2D eigenvalue weighted by Gasteiger charge is -1.86. The number of aldehydes is 1. The van der Waals surface area contributed by atoms with Gasteiger partial charge in [-0.05, 0) is 0 Å². The van der Waals surface area contributed by atoms with Gasteiger partial charge in [-0.2, -0.15) is 0 Å². The lowest BCUT2D eigenvalue weighted by atomic mass is 10.5. The van der Waals surface area contributed by atoms with E-state index in [1.54, 1.807) is 24.0 Å². The van der Waals surface area contributed by atoms with Crippen LogP contribution in [0.3, 0.4) is 0 Å². The number of nitrogens with zero attached hydrogens (tertiary/aromatic N) is 3. The Morgan fingerprint density at radius 2 is 2.46 bits per heavy atom. The van der Waals surface area contributed by atoms with Crippen molar-refractivity contribution in [2.45, 2.75) is 0 Å². The molecule has 0 aliphatic carbocycles. The van der Waals surface area contributed by atoms with Crippen LogP contribution >= 0.6 is 11.3 Å². The molecule has 0 fully saturated rings. The molecule has 0 aromatic carbocycles. The molecular weight excluding hydrogens is 186 g/mol. The fraction of sp³-hybridized carbons (Fsp3) is 0.125. The van der Waals surface area contributed by atoms with Gasteiger partial charge in [0.2, 0.25) is 0 Å². The smallest absolute Gasteiger partial charge is 0.185 e. The largest absolute Gasteiger partial charge is 0.331 e. The highest BCUT2D eigenvalue weighted by atomic mass is 32.1. The van der Waals surface area contributed by atoms with E-state index in [1.807, 2.05) is 5.38 Å². The van der Waals surface area contributed by atoms with Crippen LogP contribution in [0, 0.1) is 0 Å². The van der Waals surface area contributed by atoms with Gasteiger partial charge in [0.25, 0.3) is 0 Å². The Kier molecular flexibility index (Phi) is 1.94. The third kappa shape index (κ3) is 1.38. The summed E-state index contributed by atoms with van der Waals surface area (Å²) in [4.78, 5) is 18.7. The molecule has 0 atom stereocenters. The number of imidazole rings is 1. The second kappa shape index (κ2) is 3.10. The third-order valence-electron chi connectivity index (χ3n) is 1.67. The van der Waals surface area contributed by atoms with Crippen LogP contribution in [-0.4, -0.2) is 20.8 Å². The monoisotopic (exact) mass is 193 g/mol. The molecule has 0 amide bonds. The summed E-state index contributed by atoms with van der Waals surface area (Å²) >= 11 is 1.51. The normalized spacial score (nSPS) is 10.2. The van der Waals surface area contributed by atoms with Crippen molar-refractivity contribution in [1.82, 2.24) is 14.5 Å². The van der Waals surface area contributed by atoms with Crippen LogP contribution < -0.4 is 0 Å². The SMILES string of the molecule is Cn1cc(-c2nccs2)nc1C=O. The molecule has 4 nitrogen and oxygen atoms in total. The van der Waals surface area contributed by atoms with Gasteiger partial charge in [-0.15, -0.1) is 11.3 Å². The van der Waals surface area contributed by atoms with Gasteiger partial charge in [0, 0.05) is 24.8 Å². The molecule has 0 radical (unpaired) electrons. The molecule has 66 valence electrons. The summed E-state index contributed by atoms with van der Waals surface area (Å²) in [6, 6.07) is 0. The number of carbonyl (C=O) groups excluding carboxylic acids is 1. The van der Waals surface area contributed by atoms with E-state index in [9.17, 15) is 4.79 Å². The average Bonchev–Trinajstić information content (AvgIpc) is 2.71. The van der Waals surface area contributed by atoms with Crippen molar-refractivity contribution >= 4 is 17.6 Å². The maximum absolute atomic E-state index is 10.5. The highest BCUT2D eigenvalue weighted by Gasteiger charge is 2.07. The van der Waals surface area contributed by atoms with Gasteiger partial charge in [-0.3, -0.25) is 4.79 Å². The van der Waals surface area contributed by atoms with Gasteiger partial charge in [0.1, 0.15) is 10.7 Å². The zero-order chi connectivity index (χ0) is 9.26. The van der Waals surface area contributed by atoms with E-state index in [1.165, 1.54) is 11.3 Å². The summed E-state index contributed by atoms with van der Waals surface area (Å²) < 4.78 is 1.68. The van der Waals surface area contributed by atoms with Crippen LogP contribution in [0.5, 0.6) is 0 Å². The summed E-state index contributed by atoms with van der Waals surface area (Å²) in [5.41, 5.74) is 0.750. The number of hydrogen-bond donors (Lipinski definition) is 0. The molecule has 0 N–H and O–H groups in total. The molecule has 0 aliphatic heterocycles. The van der Waals surface area contributed by atoms with E-state index in [2.05, 4.69) is 9.97 Å². The first-order chi connectivity index (χ1) is 6.31. The number of carbonyl (C=O) groups is 1. The van der Waals surface area contributed by atoms with Crippen molar-refractivity contribution < 1.29 is 4.79 Å². The predicted molar refractivity (Wildman–Crippen MR) is 49.7 cm³/mol. The van der Waals surface area contributed by atoms with Crippen molar-refractivity contribution in [3.8, 4) is 10.7 Å². The van der Waals surface area contributed by atoms with Crippen molar-refractivity contribution in [1.29, 1.82) is 0 Å². The summed E-state index contributed by atoms with van der Waals surface area (Å²) in [6.07, 6.45) is 4.24. The zero-order valence-electron chi connectivity index (χ0n) is 6.97. The highest BCUT2D eigenvalue weighted by Crippen LogP contribution is 2.19. The molecule has 0 bridgehead atoms. The molecule has 0 saturated carbocycles. The lowest BCUT2D eigenvalue weighted by Crippen LogP contribution is -1.92. The van der Waals surface area contributed by atoms with Crippen molar-refractivity contribution in [3.63, 3.8) is 0 Å². The molecule has 0 aliphatic rings. The highest BCUT2D eigenvalue weighted by molar-refractivity contribution is 7.13. The van der Waals surface area contributed by atoms with Crippen LogP contribution in [0.2, 0.25) is 0 Å². The molecule has 5 heteroatoms. The van der Waals surface area contributed by atoms with Gasteiger partial charge in [-0.1, -0.05) is 0 Å². The fourth-order valence-corrected chi connectivity index (χ4v) is 1.63. The Hall–Kier alpha value is -1.49. The minimum absolute atomic E-state index is 0.421. The molecular formula is C8H7N3OS. The van der Waals surface area contributed by atoms with E-state index >= 15 is 0 Å². The van der Waals surface area contributed by atoms with Crippen LogP contribution in [0.15, 0.2) is 17.8 Å². The van der Waals surface area contributed by atoms with Gasteiger partial charge >= 0.3 is 0 Å². The van der Waals surface area contributed by atoms with E-state index < -0.39 is 0 Å². The van der Waals surface area contributed by atoms with Crippen molar-refractivity contribution in [2.24, 2.45) is 7.05 Å². The van der Waals surface area contributed by atoms with Crippen LogP contribution in [0.4, 0.5) is 0 Å². The van der Waals surface area contributed by atoms with Gasteiger partial charge in [0.05, 0.1) is 0 Å². The van der Waals surface area contributed by atoms with Gasteiger partial charge in [0.15, 0.2) is 12.1 Å². The van der Waals surface area contributed by atoms with Gasteiger partial charge < -0.3 is 4.57 Å². The zero-order valence-corrected chi connectivity index (χ0v) is 7.78. The minimum atomic E-state index is 0.421. The Balaban J connectivity index is 2.48.